The van der Waals surface area contributed by atoms with E-state index in [1.54, 1.807) is 0 Å². The van der Waals surface area contributed by atoms with Crippen LogP contribution in [0.5, 0.6) is 0 Å². The molecular formula is C3H4N2O2. The van der Waals surface area contributed by atoms with Crippen LogP contribution in [0, 0.1) is 4.91 Å². The molecule has 0 radical (unpaired) electrons. The molecule has 4 nitrogen and oxygen atoms in total. The van der Waals surface area contributed by atoms with E-state index in [9.17, 15) is 9.70 Å². The van der Waals surface area contributed by atoms with Crippen LogP contribution in [-0.4, -0.2) is 17.5 Å². The highest BCUT2D eigenvalue weighted by atomic mass is 16.3. The van der Waals surface area contributed by atoms with Gasteiger partial charge in [-0.2, -0.15) is 5.01 Å². The molecule has 1 fully saturated rings. The van der Waals surface area contributed by atoms with Gasteiger partial charge in [0, 0.05) is 6.42 Å². The predicted molar refractivity (Wildman–Crippen MR) is 22.1 cm³/mol. The molecule has 4 heteroatoms. The molecule has 0 aromatic rings. The van der Waals surface area contributed by atoms with Gasteiger partial charge in [0.25, 0.3) is 0 Å². The maximum absolute atomic E-state index is 10.1. The van der Waals surface area contributed by atoms with E-state index in [0.717, 1.165) is 5.01 Å². The van der Waals surface area contributed by atoms with Crippen LogP contribution in [0.15, 0.2) is 5.29 Å². The zero-order valence-electron chi connectivity index (χ0n) is 3.63. The summed E-state index contributed by atoms with van der Waals surface area (Å²) in [5, 5.41) is 3.31. The summed E-state index contributed by atoms with van der Waals surface area (Å²) in [5.74, 6) is -0.171. The van der Waals surface area contributed by atoms with Crippen molar-refractivity contribution in [2.24, 2.45) is 5.29 Å². The number of β-lactam (4-membered cyclic amide) rings is 1. The molecule has 1 saturated heterocycles. The first-order chi connectivity index (χ1) is 3.34. The van der Waals surface area contributed by atoms with Crippen molar-refractivity contribution in [3.05, 3.63) is 4.91 Å². The van der Waals surface area contributed by atoms with E-state index < -0.39 is 0 Å². The van der Waals surface area contributed by atoms with Crippen molar-refractivity contribution in [1.29, 1.82) is 0 Å². The molecule has 0 atom stereocenters. The summed E-state index contributed by atoms with van der Waals surface area (Å²) in [7, 11) is 0. The molecule has 0 unspecified atom stereocenters. The number of nitroso groups, excluding NO2 is 1. The van der Waals surface area contributed by atoms with E-state index in [0.29, 0.717) is 13.0 Å². The first-order valence-electron chi connectivity index (χ1n) is 1.98. The van der Waals surface area contributed by atoms with Gasteiger partial charge in [-0.3, -0.25) is 4.79 Å². The standard InChI is InChI=1S/C3H4N2O2/c6-3-1-2-5(3)4-7/h1-2H2. The van der Waals surface area contributed by atoms with E-state index in [1.165, 1.54) is 0 Å². The summed E-state index contributed by atoms with van der Waals surface area (Å²) >= 11 is 0. The molecule has 0 N–H and O–H groups in total. The van der Waals surface area contributed by atoms with Gasteiger partial charge in [0.1, 0.15) is 0 Å². The monoisotopic (exact) mass is 100 g/mol. The summed E-state index contributed by atoms with van der Waals surface area (Å²) in [6, 6.07) is 0. The zero-order chi connectivity index (χ0) is 5.28. The van der Waals surface area contributed by atoms with Crippen molar-refractivity contribution in [3.63, 3.8) is 0 Å². The predicted octanol–water partition coefficient (Wildman–Crippen LogP) is -0.0999. The van der Waals surface area contributed by atoms with Crippen LogP contribution in [0.1, 0.15) is 6.42 Å². The maximum atomic E-state index is 10.1. The molecule has 38 valence electrons. The lowest BCUT2D eigenvalue weighted by molar-refractivity contribution is -0.139. The highest BCUT2D eigenvalue weighted by Crippen LogP contribution is 2.06. The summed E-state index contributed by atoms with van der Waals surface area (Å²) in [4.78, 5) is 19.5. The fraction of sp³-hybridized carbons (Fsp3) is 0.667. The smallest absolute Gasteiger partial charge is 0.247 e. The van der Waals surface area contributed by atoms with Gasteiger partial charge in [0.05, 0.1) is 11.8 Å². The Bertz CT molecular complexity index is 112. The quantitative estimate of drug-likeness (QED) is 0.341. The van der Waals surface area contributed by atoms with E-state index >= 15 is 0 Å². The number of carbonyl (C=O) groups excluding carboxylic acids is 1. The van der Waals surface area contributed by atoms with E-state index in [2.05, 4.69) is 5.29 Å². The number of nitrogens with zero attached hydrogens (tertiary/aromatic N) is 2. The molecule has 1 amide bonds. The fourth-order valence-corrected chi connectivity index (χ4v) is 0.389. The van der Waals surface area contributed by atoms with Crippen LogP contribution in [0.4, 0.5) is 0 Å². The first-order valence-corrected chi connectivity index (χ1v) is 1.98. The Labute approximate surface area is 40.0 Å². The zero-order valence-corrected chi connectivity index (χ0v) is 3.63. The van der Waals surface area contributed by atoms with Crippen LogP contribution >= 0.6 is 0 Å². The third kappa shape index (κ3) is 0.471. The molecule has 0 bridgehead atoms. The third-order valence-electron chi connectivity index (χ3n) is 0.924. The molecule has 0 aliphatic carbocycles. The SMILES string of the molecule is O=NN1CCC1=O. The average molecular weight is 100 g/mol. The van der Waals surface area contributed by atoms with Gasteiger partial charge < -0.3 is 0 Å². The summed E-state index contributed by atoms with van der Waals surface area (Å²) in [6.45, 7) is 0.502. The van der Waals surface area contributed by atoms with Crippen LogP contribution in [0.2, 0.25) is 0 Å². The minimum absolute atomic E-state index is 0.171. The minimum Gasteiger partial charge on any atom is -0.273 e. The Balaban J connectivity index is 2.43. The number of hydrogen-bond acceptors (Lipinski definition) is 3. The fourth-order valence-electron chi connectivity index (χ4n) is 0.389. The first kappa shape index (κ1) is 4.23. The molecule has 0 saturated carbocycles. The minimum atomic E-state index is -0.171. The number of rotatable bonds is 1. The van der Waals surface area contributed by atoms with Crippen molar-refractivity contribution in [2.75, 3.05) is 6.54 Å². The van der Waals surface area contributed by atoms with Gasteiger partial charge in [-0.1, -0.05) is 0 Å². The maximum Gasteiger partial charge on any atom is 0.247 e. The Morgan fingerprint density at radius 2 is 2.43 bits per heavy atom. The Hall–Kier alpha value is -0.930. The van der Waals surface area contributed by atoms with Crippen LogP contribution in [-0.2, 0) is 4.79 Å². The van der Waals surface area contributed by atoms with Crippen LogP contribution in [0.25, 0.3) is 0 Å². The normalized spacial score (nSPS) is 18.9. The molecule has 0 spiro atoms. The Morgan fingerprint density at radius 3 is 2.43 bits per heavy atom. The second-order valence-corrected chi connectivity index (χ2v) is 1.35. The Morgan fingerprint density at radius 1 is 1.71 bits per heavy atom. The second-order valence-electron chi connectivity index (χ2n) is 1.35. The van der Waals surface area contributed by atoms with Gasteiger partial charge in [0.15, 0.2) is 0 Å². The third-order valence-corrected chi connectivity index (χ3v) is 0.924. The molecule has 1 heterocycles. The number of carbonyl (C=O) groups is 1. The second kappa shape index (κ2) is 1.29. The van der Waals surface area contributed by atoms with Crippen molar-refractivity contribution >= 4 is 5.91 Å². The van der Waals surface area contributed by atoms with Crippen molar-refractivity contribution < 1.29 is 4.79 Å². The van der Waals surface area contributed by atoms with E-state index in [-0.39, 0.29) is 5.91 Å². The lowest BCUT2D eigenvalue weighted by atomic mass is 10.3. The van der Waals surface area contributed by atoms with Crippen LogP contribution in [0.3, 0.4) is 0 Å². The van der Waals surface area contributed by atoms with Gasteiger partial charge in [-0.15, -0.1) is 4.91 Å². The Kier molecular flexibility index (Phi) is 0.780. The van der Waals surface area contributed by atoms with E-state index in [4.69, 9.17) is 0 Å². The largest absolute Gasteiger partial charge is 0.273 e. The lowest BCUT2D eigenvalue weighted by Crippen LogP contribution is -2.38. The average Bonchev–Trinajstić information content (AvgIpc) is 1.65. The number of hydrogen-bond donors (Lipinski definition) is 0. The van der Waals surface area contributed by atoms with Crippen molar-refractivity contribution in [2.45, 2.75) is 6.42 Å². The molecule has 1 rings (SSSR count). The van der Waals surface area contributed by atoms with E-state index in [1.807, 2.05) is 0 Å². The lowest BCUT2D eigenvalue weighted by Gasteiger charge is -2.20. The van der Waals surface area contributed by atoms with Gasteiger partial charge in [0.2, 0.25) is 5.91 Å². The van der Waals surface area contributed by atoms with Crippen molar-refractivity contribution in [1.82, 2.24) is 5.01 Å². The van der Waals surface area contributed by atoms with Gasteiger partial charge in [-0.25, -0.2) is 0 Å². The van der Waals surface area contributed by atoms with Gasteiger partial charge >= 0.3 is 0 Å². The highest BCUT2D eigenvalue weighted by Gasteiger charge is 2.23. The topological polar surface area (TPSA) is 49.7 Å². The molecule has 7 heavy (non-hydrogen) atoms. The molecule has 1 aliphatic heterocycles. The van der Waals surface area contributed by atoms with Gasteiger partial charge in [-0.05, 0) is 0 Å². The molecule has 0 aromatic heterocycles. The van der Waals surface area contributed by atoms with Crippen LogP contribution < -0.4 is 0 Å². The molecular weight excluding hydrogens is 96.0 g/mol. The highest BCUT2D eigenvalue weighted by molar-refractivity contribution is 5.81. The molecule has 1 aliphatic rings. The summed E-state index contributed by atoms with van der Waals surface area (Å²) < 4.78 is 0. The number of amides is 1. The van der Waals surface area contributed by atoms with Crippen molar-refractivity contribution in [3.8, 4) is 0 Å². The summed E-state index contributed by atoms with van der Waals surface area (Å²) in [5.41, 5.74) is 0. The summed E-state index contributed by atoms with van der Waals surface area (Å²) in [6.07, 6.45) is 0.478. The molecule has 0 aromatic carbocycles.